The van der Waals surface area contributed by atoms with Gasteiger partial charge in [-0.2, -0.15) is 0 Å². The first-order valence-electron chi connectivity index (χ1n) is 12.9. The molecule has 1 fully saturated rings. The van der Waals surface area contributed by atoms with Gasteiger partial charge in [-0.3, -0.25) is 4.79 Å². The van der Waals surface area contributed by atoms with Crippen LogP contribution in [0, 0.1) is 0 Å². The molecule has 5 rings (SSSR count). The fourth-order valence-corrected chi connectivity index (χ4v) is 5.51. The van der Waals surface area contributed by atoms with E-state index in [0.29, 0.717) is 5.92 Å². The number of carbonyl (C=O) groups is 1. The zero-order valence-electron chi connectivity index (χ0n) is 22.5. The van der Waals surface area contributed by atoms with Crippen molar-refractivity contribution in [3.05, 3.63) is 52.6 Å². The van der Waals surface area contributed by atoms with Crippen molar-refractivity contribution in [2.75, 3.05) is 13.1 Å². The molecular formula is C28H35N7OS. The first-order valence-corrected chi connectivity index (χ1v) is 13.8. The maximum absolute atomic E-state index is 13.0. The summed E-state index contributed by atoms with van der Waals surface area (Å²) in [5.74, 6) is 1.30. The van der Waals surface area contributed by atoms with Crippen molar-refractivity contribution in [3.63, 3.8) is 0 Å². The van der Waals surface area contributed by atoms with Crippen LogP contribution in [0.2, 0.25) is 0 Å². The molecule has 37 heavy (non-hydrogen) atoms. The van der Waals surface area contributed by atoms with Gasteiger partial charge in [0.1, 0.15) is 17.9 Å². The van der Waals surface area contributed by atoms with Crippen LogP contribution in [0.4, 0.5) is 0 Å². The molecule has 1 aliphatic rings. The molecule has 0 unspecified atom stereocenters. The molecular weight excluding hydrogens is 482 g/mol. The quantitative estimate of drug-likeness (QED) is 0.363. The minimum Gasteiger partial charge on any atom is -0.341 e. The Kier molecular flexibility index (Phi) is 6.60. The third-order valence-electron chi connectivity index (χ3n) is 6.83. The smallest absolute Gasteiger partial charge is 0.242 e. The molecule has 0 atom stereocenters. The van der Waals surface area contributed by atoms with Crippen LogP contribution in [0.1, 0.15) is 76.8 Å². The normalized spacial score (nSPS) is 15.5. The van der Waals surface area contributed by atoms with Gasteiger partial charge in [-0.15, -0.1) is 11.3 Å². The van der Waals surface area contributed by atoms with Crippen molar-refractivity contribution in [1.29, 1.82) is 0 Å². The van der Waals surface area contributed by atoms with E-state index in [-0.39, 0.29) is 23.3 Å². The predicted octanol–water partition coefficient (Wildman–Crippen LogP) is 5.35. The number of likely N-dealkylation sites (tertiary alicyclic amines) is 1. The lowest BCUT2D eigenvalue weighted by atomic mass is 9.89. The molecule has 0 bridgehead atoms. The summed E-state index contributed by atoms with van der Waals surface area (Å²) >= 11 is 1.70. The van der Waals surface area contributed by atoms with Crippen molar-refractivity contribution in [3.8, 4) is 11.4 Å². The molecule has 0 N–H and O–H groups in total. The third-order valence-corrected chi connectivity index (χ3v) is 7.83. The highest BCUT2D eigenvalue weighted by Crippen LogP contribution is 2.34. The molecule has 5 heterocycles. The Labute approximate surface area is 222 Å². The van der Waals surface area contributed by atoms with Crippen molar-refractivity contribution < 1.29 is 4.79 Å². The van der Waals surface area contributed by atoms with Gasteiger partial charge in [0.25, 0.3) is 0 Å². The van der Waals surface area contributed by atoms with E-state index in [1.54, 1.807) is 23.9 Å². The van der Waals surface area contributed by atoms with E-state index in [0.717, 1.165) is 65.0 Å². The highest BCUT2D eigenvalue weighted by Gasteiger charge is 2.28. The molecule has 0 spiro atoms. The average Bonchev–Trinajstić information content (AvgIpc) is 3.51. The van der Waals surface area contributed by atoms with Crippen LogP contribution in [0.5, 0.6) is 0 Å². The molecule has 0 radical (unpaired) electrons. The standard InChI is InChI=1S/C28H35N7OS/c1-27(2,3)22-14-20(32-26(33-22)28(4,5)6)21-16-37-25(31-21)18-9-12-34(13-10-18)23(36)15-35-17-30-19-8-7-11-29-24(19)35/h7-8,11,14,16-18H,9-10,12-13,15H2,1-6H3. The number of fused-ring (bicyclic) bond motifs is 1. The maximum Gasteiger partial charge on any atom is 0.242 e. The molecule has 1 amide bonds. The van der Waals surface area contributed by atoms with Gasteiger partial charge >= 0.3 is 0 Å². The van der Waals surface area contributed by atoms with E-state index in [1.807, 2.05) is 21.6 Å². The van der Waals surface area contributed by atoms with E-state index in [1.165, 1.54) is 0 Å². The summed E-state index contributed by atoms with van der Waals surface area (Å²) in [6.07, 6.45) is 5.24. The van der Waals surface area contributed by atoms with E-state index in [2.05, 4.69) is 63.0 Å². The highest BCUT2D eigenvalue weighted by molar-refractivity contribution is 7.10. The molecule has 4 aromatic heterocycles. The summed E-state index contributed by atoms with van der Waals surface area (Å²) in [7, 11) is 0. The Hall–Kier alpha value is -3.20. The number of imidazole rings is 1. The first kappa shape index (κ1) is 25.4. The number of thiazole rings is 1. The van der Waals surface area contributed by atoms with E-state index >= 15 is 0 Å². The fourth-order valence-electron chi connectivity index (χ4n) is 4.53. The largest absolute Gasteiger partial charge is 0.341 e. The Morgan fingerprint density at radius 2 is 1.76 bits per heavy atom. The van der Waals surface area contributed by atoms with Crippen molar-refractivity contribution in [1.82, 2.24) is 34.4 Å². The van der Waals surface area contributed by atoms with Gasteiger partial charge in [-0.05, 0) is 31.0 Å². The second kappa shape index (κ2) is 9.59. The van der Waals surface area contributed by atoms with Gasteiger partial charge in [0.15, 0.2) is 5.65 Å². The monoisotopic (exact) mass is 517 g/mol. The molecule has 0 aromatic carbocycles. The zero-order chi connectivity index (χ0) is 26.4. The number of aromatic nitrogens is 6. The van der Waals surface area contributed by atoms with Crippen molar-refractivity contribution >= 4 is 28.4 Å². The van der Waals surface area contributed by atoms with E-state index in [9.17, 15) is 4.79 Å². The van der Waals surface area contributed by atoms with Crippen LogP contribution in [-0.4, -0.2) is 53.4 Å². The minimum atomic E-state index is -0.146. The number of amides is 1. The molecule has 4 aromatic rings. The predicted molar refractivity (Wildman–Crippen MR) is 147 cm³/mol. The Morgan fingerprint density at radius 1 is 1.00 bits per heavy atom. The summed E-state index contributed by atoms with van der Waals surface area (Å²) in [5.41, 5.74) is 4.17. The summed E-state index contributed by atoms with van der Waals surface area (Å²) < 4.78 is 1.83. The van der Waals surface area contributed by atoms with Gasteiger partial charge in [0, 0.05) is 41.4 Å². The molecule has 0 aliphatic carbocycles. The Morgan fingerprint density at radius 3 is 2.46 bits per heavy atom. The molecule has 1 saturated heterocycles. The second-order valence-corrected chi connectivity index (χ2v) is 12.8. The maximum atomic E-state index is 13.0. The zero-order valence-corrected chi connectivity index (χ0v) is 23.3. The van der Waals surface area contributed by atoms with Gasteiger partial charge in [0.05, 0.1) is 28.4 Å². The molecule has 8 nitrogen and oxygen atoms in total. The van der Waals surface area contributed by atoms with Crippen molar-refractivity contribution in [2.45, 2.75) is 77.7 Å². The summed E-state index contributed by atoms with van der Waals surface area (Å²) in [6, 6.07) is 5.85. The molecule has 194 valence electrons. The third kappa shape index (κ3) is 5.42. The van der Waals surface area contributed by atoms with Crippen LogP contribution >= 0.6 is 11.3 Å². The number of piperidine rings is 1. The SMILES string of the molecule is CC(C)(C)c1cc(-c2csc(C3CCN(C(=O)Cn4cnc5cccnc54)CC3)n2)nc(C(C)(C)C)n1. The first-order chi connectivity index (χ1) is 17.5. The number of rotatable bonds is 4. The van der Waals surface area contributed by atoms with Crippen molar-refractivity contribution in [2.24, 2.45) is 0 Å². The topological polar surface area (TPSA) is 89.7 Å². The lowest BCUT2D eigenvalue weighted by molar-refractivity contribution is -0.132. The van der Waals surface area contributed by atoms with Crippen LogP contribution < -0.4 is 0 Å². The van der Waals surface area contributed by atoms with E-state index < -0.39 is 0 Å². The lowest BCUT2D eigenvalue weighted by Gasteiger charge is -2.31. The summed E-state index contributed by atoms with van der Waals surface area (Å²) in [5, 5.41) is 3.24. The number of pyridine rings is 1. The number of carbonyl (C=O) groups excluding carboxylic acids is 1. The highest BCUT2D eigenvalue weighted by atomic mass is 32.1. The Balaban J connectivity index is 1.27. The average molecular weight is 518 g/mol. The number of hydrogen-bond donors (Lipinski definition) is 0. The number of nitrogens with zero attached hydrogens (tertiary/aromatic N) is 7. The molecule has 0 saturated carbocycles. The van der Waals surface area contributed by atoms with Gasteiger partial charge in [-0.1, -0.05) is 41.5 Å². The van der Waals surface area contributed by atoms with Gasteiger partial charge in [-0.25, -0.2) is 24.9 Å². The van der Waals surface area contributed by atoms with E-state index in [4.69, 9.17) is 15.0 Å². The lowest BCUT2D eigenvalue weighted by Crippen LogP contribution is -2.39. The van der Waals surface area contributed by atoms with Gasteiger partial charge < -0.3 is 9.47 Å². The van der Waals surface area contributed by atoms with Crippen LogP contribution in [-0.2, 0) is 22.2 Å². The fraction of sp³-hybridized carbons (Fsp3) is 0.500. The van der Waals surface area contributed by atoms with Crippen LogP contribution in [0.3, 0.4) is 0 Å². The summed E-state index contributed by atoms with van der Waals surface area (Å²) in [4.78, 5) is 38.5. The van der Waals surface area contributed by atoms with Crippen LogP contribution in [0.25, 0.3) is 22.6 Å². The minimum absolute atomic E-state index is 0.0744. The number of hydrogen-bond acceptors (Lipinski definition) is 7. The summed E-state index contributed by atoms with van der Waals surface area (Å²) in [6.45, 7) is 14.7. The second-order valence-electron chi connectivity index (χ2n) is 11.9. The van der Waals surface area contributed by atoms with Crippen LogP contribution in [0.15, 0.2) is 36.1 Å². The molecule has 1 aliphatic heterocycles. The van der Waals surface area contributed by atoms with Gasteiger partial charge in [0.2, 0.25) is 5.91 Å². The Bertz CT molecular complexity index is 1390. The molecule has 9 heteroatoms.